The van der Waals surface area contributed by atoms with Crippen molar-refractivity contribution in [1.29, 1.82) is 0 Å². The van der Waals surface area contributed by atoms with Crippen LogP contribution in [0.3, 0.4) is 0 Å². The molecule has 0 bridgehead atoms. The highest BCUT2D eigenvalue weighted by atomic mass is 16.6. The summed E-state index contributed by atoms with van der Waals surface area (Å²) in [6, 6.07) is 8.31. The van der Waals surface area contributed by atoms with Crippen LogP contribution in [0.4, 0.5) is 4.79 Å². The standard InChI is InChI=1S/C26H37N5O4/c1-5-34-25(33)31-16-14-30(15-17-31)24(32)20-10-12-29(13-11-20)18-22-27-23(28-35-22)19-6-8-21(9-7-19)26(2,3)4/h6-9,20H,5,10-18H2,1-4H3. The Morgan fingerprint density at radius 2 is 1.63 bits per heavy atom. The summed E-state index contributed by atoms with van der Waals surface area (Å²) in [5.74, 6) is 1.43. The van der Waals surface area contributed by atoms with Gasteiger partial charge >= 0.3 is 6.09 Å². The van der Waals surface area contributed by atoms with E-state index in [2.05, 4.69) is 47.9 Å². The number of carbonyl (C=O) groups is 2. The Hall–Kier alpha value is -2.94. The smallest absolute Gasteiger partial charge is 0.409 e. The number of rotatable bonds is 5. The zero-order valence-electron chi connectivity index (χ0n) is 21.3. The number of ether oxygens (including phenoxy) is 1. The predicted molar refractivity (Wildman–Crippen MR) is 132 cm³/mol. The predicted octanol–water partition coefficient (Wildman–Crippen LogP) is 3.55. The van der Waals surface area contributed by atoms with Crippen LogP contribution in [0.1, 0.15) is 52.0 Å². The summed E-state index contributed by atoms with van der Waals surface area (Å²) in [5.41, 5.74) is 2.31. The number of piperidine rings is 1. The van der Waals surface area contributed by atoms with Gasteiger partial charge in [0.05, 0.1) is 13.2 Å². The number of aromatic nitrogens is 2. The molecule has 2 aliphatic heterocycles. The largest absolute Gasteiger partial charge is 0.450 e. The summed E-state index contributed by atoms with van der Waals surface area (Å²) >= 11 is 0. The molecule has 0 aliphatic carbocycles. The van der Waals surface area contributed by atoms with E-state index in [4.69, 9.17) is 9.26 Å². The van der Waals surface area contributed by atoms with Crippen LogP contribution in [0.2, 0.25) is 0 Å². The quantitative estimate of drug-likeness (QED) is 0.642. The Morgan fingerprint density at radius 1 is 1.00 bits per heavy atom. The van der Waals surface area contributed by atoms with E-state index in [1.54, 1.807) is 11.8 Å². The van der Waals surface area contributed by atoms with Gasteiger partial charge in [0.15, 0.2) is 0 Å². The first-order valence-corrected chi connectivity index (χ1v) is 12.6. The maximum atomic E-state index is 13.0. The van der Waals surface area contributed by atoms with Crippen molar-refractivity contribution in [2.75, 3.05) is 45.9 Å². The van der Waals surface area contributed by atoms with E-state index in [1.165, 1.54) is 5.56 Å². The van der Waals surface area contributed by atoms with Crippen molar-refractivity contribution in [3.8, 4) is 11.4 Å². The molecular formula is C26H37N5O4. The molecule has 0 N–H and O–H groups in total. The molecule has 2 fully saturated rings. The number of likely N-dealkylation sites (tertiary alicyclic amines) is 1. The molecule has 2 amide bonds. The first kappa shape index (κ1) is 25.2. The van der Waals surface area contributed by atoms with E-state index in [0.717, 1.165) is 31.5 Å². The van der Waals surface area contributed by atoms with Gasteiger partial charge in [-0.1, -0.05) is 50.2 Å². The van der Waals surface area contributed by atoms with Crippen molar-refractivity contribution < 1.29 is 18.8 Å². The lowest BCUT2D eigenvalue weighted by molar-refractivity contribution is -0.138. The molecular weight excluding hydrogens is 446 g/mol. The zero-order chi connectivity index (χ0) is 25.0. The number of amides is 2. The van der Waals surface area contributed by atoms with Crippen molar-refractivity contribution in [3.63, 3.8) is 0 Å². The van der Waals surface area contributed by atoms with Crippen LogP contribution < -0.4 is 0 Å². The van der Waals surface area contributed by atoms with Gasteiger partial charge in [0.1, 0.15) is 0 Å². The number of piperazine rings is 1. The molecule has 0 spiro atoms. The molecule has 2 saturated heterocycles. The summed E-state index contributed by atoms with van der Waals surface area (Å²) in [4.78, 5) is 35.3. The number of carbonyl (C=O) groups excluding carboxylic acids is 2. The Kier molecular flexibility index (Phi) is 7.74. The molecule has 9 nitrogen and oxygen atoms in total. The molecule has 1 aromatic carbocycles. The highest BCUT2D eigenvalue weighted by Gasteiger charge is 2.32. The second-order valence-electron chi connectivity index (χ2n) is 10.4. The van der Waals surface area contributed by atoms with Crippen LogP contribution in [-0.2, 0) is 21.5 Å². The second-order valence-corrected chi connectivity index (χ2v) is 10.4. The molecule has 2 aromatic rings. The fraction of sp³-hybridized carbons (Fsp3) is 0.615. The molecule has 35 heavy (non-hydrogen) atoms. The summed E-state index contributed by atoms with van der Waals surface area (Å²) in [5, 5.41) is 4.17. The van der Waals surface area contributed by atoms with Gasteiger partial charge in [0, 0.05) is 37.7 Å². The minimum Gasteiger partial charge on any atom is -0.450 e. The number of nitrogens with zero attached hydrogens (tertiary/aromatic N) is 5. The molecule has 4 rings (SSSR count). The van der Waals surface area contributed by atoms with Gasteiger partial charge in [-0.25, -0.2) is 4.79 Å². The SMILES string of the molecule is CCOC(=O)N1CCN(C(=O)C2CCN(Cc3nc(-c4ccc(C(C)(C)C)cc4)no3)CC2)CC1. The fourth-order valence-corrected chi connectivity index (χ4v) is 4.67. The number of benzene rings is 1. The summed E-state index contributed by atoms with van der Waals surface area (Å²) < 4.78 is 10.6. The molecule has 3 heterocycles. The van der Waals surface area contributed by atoms with Gasteiger partial charge in [0.2, 0.25) is 17.6 Å². The average molecular weight is 484 g/mol. The Balaban J connectivity index is 1.24. The van der Waals surface area contributed by atoms with Crippen LogP contribution in [0.15, 0.2) is 28.8 Å². The van der Waals surface area contributed by atoms with Gasteiger partial charge in [-0.15, -0.1) is 0 Å². The van der Waals surface area contributed by atoms with Crippen molar-refractivity contribution >= 4 is 12.0 Å². The Labute approximate surface area is 207 Å². The maximum Gasteiger partial charge on any atom is 0.409 e. The van der Waals surface area contributed by atoms with Crippen molar-refractivity contribution in [2.45, 2.75) is 52.5 Å². The molecule has 190 valence electrons. The lowest BCUT2D eigenvalue weighted by Gasteiger charge is -2.38. The first-order chi connectivity index (χ1) is 16.7. The molecule has 1 aromatic heterocycles. The third-order valence-electron chi connectivity index (χ3n) is 6.89. The topological polar surface area (TPSA) is 92.0 Å². The third-order valence-corrected chi connectivity index (χ3v) is 6.89. The van der Waals surface area contributed by atoms with Gasteiger partial charge < -0.3 is 19.1 Å². The van der Waals surface area contributed by atoms with E-state index in [-0.39, 0.29) is 23.3 Å². The van der Waals surface area contributed by atoms with Crippen molar-refractivity contribution in [2.24, 2.45) is 5.92 Å². The van der Waals surface area contributed by atoms with Crippen LogP contribution in [0, 0.1) is 5.92 Å². The minimum absolute atomic E-state index is 0.0278. The second kappa shape index (κ2) is 10.8. The summed E-state index contributed by atoms with van der Waals surface area (Å²) in [7, 11) is 0. The molecule has 9 heteroatoms. The third kappa shape index (κ3) is 6.20. The zero-order valence-corrected chi connectivity index (χ0v) is 21.3. The Bertz CT molecular complexity index is 997. The Morgan fingerprint density at radius 3 is 2.23 bits per heavy atom. The van der Waals surface area contributed by atoms with Crippen LogP contribution >= 0.6 is 0 Å². The minimum atomic E-state index is -0.293. The molecule has 2 aliphatic rings. The van der Waals surface area contributed by atoms with Crippen LogP contribution in [0.25, 0.3) is 11.4 Å². The molecule has 0 radical (unpaired) electrons. The normalized spacial score (nSPS) is 18.1. The van der Waals surface area contributed by atoms with Crippen LogP contribution in [0.5, 0.6) is 0 Å². The highest BCUT2D eigenvalue weighted by Crippen LogP contribution is 2.26. The van der Waals surface area contributed by atoms with Gasteiger partial charge in [-0.2, -0.15) is 4.98 Å². The fourth-order valence-electron chi connectivity index (χ4n) is 4.67. The van der Waals surface area contributed by atoms with E-state index < -0.39 is 0 Å². The number of hydrogen-bond acceptors (Lipinski definition) is 7. The van der Waals surface area contributed by atoms with E-state index in [0.29, 0.717) is 51.0 Å². The molecule has 0 saturated carbocycles. The van der Waals surface area contributed by atoms with E-state index in [9.17, 15) is 9.59 Å². The van der Waals surface area contributed by atoms with E-state index >= 15 is 0 Å². The van der Waals surface area contributed by atoms with Gasteiger partial charge in [0.25, 0.3) is 0 Å². The lowest BCUT2D eigenvalue weighted by atomic mass is 9.87. The highest BCUT2D eigenvalue weighted by molar-refractivity contribution is 5.79. The van der Waals surface area contributed by atoms with Crippen LogP contribution in [-0.4, -0.2) is 82.7 Å². The molecule has 0 atom stereocenters. The number of hydrogen-bond donors (Lipinski definition) is 0. The monoisotopic (exact) mass is 483 g/mol. The lowest BCUT2D eigenvalue weighted by Crippen LogP contribution is -2.53. The average Bonchev–Trinajstić information content (AvgIpc) is 3.32. The maximum absolute atomic E-state index is 13.0. The van der Waals surface area contributed by atoms with Crippen molar-refractivity contribution in [1.82, 2.24) is 24.8 Å². The van der Waals surface area contributed by atoms with Crippen molar-refractivity contribution in [3.05, 3.63) is 35.7 Å². The summed E-state index contributed by atoms with van der Waals surface area (Å²) in [6.07, 6.45) is 1.33. The van der Waals surface area contributed by atoms with E-state index in [1.807, 2.05) is 17.0 Å². The van der Waals surface area contributed by atoms with Gasteiger partial charge in [-0.05, 0) is 43.8 Å². The van der Waals surface area contributed by atoms with Gasteiger partial charge in [-0.3, -0.25) is 9.69 Å². The molecule has 0 unspecified atom stereocenters. The first-order valence-electron chi connectivity index (χ1n) is 12.6. The summed E-state index contributed by atoms with van der Waals surface area (Å²) in [6.45, 7) is 13.2.